The molecule has 0 bridgehead atoms. The highest BCUT2D eigenvalue weighted by atomic mass is 16.6. The van der Waals surface area contributed by atoms with Crippen LogP contribution >= 0.6 is 0 Å². The molecule has 4 rings (SSSR count). The van der Waals surface area contributed by atoms with Crippen molar-refractivity contribution in [1.29, 1.82) is 0 Å². The number of nitrogens with zero attached hydrogens (tertiary/aromatic N) is 1. The molecule has 0 unspecified atom stereocenters. The van der Waals surface area contributed by atoms with Crippen LogP contribution in [0.15, 0.2) is 40.0 Å². The monoisotopic (exact) mass is 381 g/mol. The second kappa shape index (κ2) is 6.22. The van der Waals surface area contributed by atoms with Crippen LogP contribution < -0.4 is 10.6 Å². The van der Waals surface area contributed by atoms with Crippen LogP contribution in [0.4, 0.5) is 17.3 Å². The first-order chi connectivity index (χ1) is 13.1. The highest BCUT2D eigenvalue weighted by molar-refractivity contribution is 6.01. The molecule has 2 N–H and O–H groups in total. The Morgan fingerprint density at radius 1 is 1.14 bits per heavy atom. The molecule has 0 amide bonds. The van der Waals surface area contributed by atoms with E-state index in [0.29, 0.717) is 24.2 Å². The molecule has 2 aliphatic rings. The van der Waals surface area contributed by atoms with Gasteiger partial charge in [0.2, 0.25) is 0 Å². The van der Waals surface area contributed by atoms with Gasteiger partial charge in [-0.3, -0.25) is 14.9 Å². The van der Waals surface area contributed by atoms with E-state index in [2.05, 4.69) is 30.5 Å². The molecule has 146 valence electrons. The molecule has 1 aromatic carbocycles. The Morgan fingerprint density at radius 2 is 1.82 bits per heavy atom. The summed E-state index contributed by atoms with van der Waals surface area (Å²) in [5.74, 6) is 0.0525. The Bertz CT molecular complexity index is 1030. The highest BCUT2D eigenvalue weighted by Gasteiger charge is 2.40. The summed E-state index contributed by atoms with van der Waals surface area (Å²) < 4.78 is 5.48. The van der Waals surface area contributed by atoms with Gasteiger partial charge in [-0.05, 0) is 55.0 Å². The van der Waals surface area contributed by atoms with Gasteiger partial charge in [-0.15, -0.1) is 0 Å². The number of nitro groups is 1. The number of benzene rings is 1. The van der Waals surface area contributed by atoms with E-state index in [1.165, 1.54) is 6.07 Å². The van der Waals surface area contributed by atoms with Gasteiger partial charge in [-0.1, -0.05) is 13.8 Å². The first kappa shape index (κ1) is 18.3. The summed E-state index contributed by atoms with van der Waals surface area (Å²) in [4.78, 5) is 23.6. The molecule has 1 aliphatic heterocycles. The van der Waals surface area contributed by atoms with Gasteiger partial charge in [0.05, 0.1) is 17.4 Å². The second-order valence-electron chi connectivity index (χ2n) is 8.45. The van der Waals surface area contributed by atoms with Crippen LogP contribution in [-0.2, 0) is 4.79 Å². The van der Waals surface area contributed by atoms with Gasteiger partial charge >= 0.3 is 5.88 Å². The van der Waals surface area contributed by atoms with Crippen molar-refractivity contribution in [2.45, 2.75) is 46.6 Å². The summed E-state index contributed by atoms with van der Waals surface area (Å²) in [5, 5.41) is 17.9. The number of allylic oxidation sites excluding steroid dienone is 1. The lowest BCUT2D eigenvalue weighted by Gasteiger charge is -2.33. The molecule has 0 radical (unpaired) electrons. The topological polar surface area (TPSA) is 97.4 Å². The summed E-state index contributed by atoms with van der Waals surface area (Å²) in [7, 11) is 0. The number of fused-ring (bicyclic) bond motifs is 1. The number of furan rings is 1. The highest BCUT2D eigenvalue weighted by Crippen LogP contribution is 2.46. The van der Waals surface area contributed by atoms with E-state index >= 15 is 0 Å². The fourth-order valence-corrected chi connectivity index (χ4v) is 4.02. The van der Waals surface area contributed by atoms with Crippen LogP contribution in [0.3, 0.4) is 0 Å². The second-order valence-corrected chi connectivity index (χ2v) is 8.45. The van der Waals surface area contributed by atoms with E-state index in [1.54, 1.807) is 6.07 Å². The lowest BCUT2D eigenvalue weighted by molar-refractivity contribution is -0.402. The molecule has 28 heavy (non-hydrogen) atoms. The number of hydrogen-bond acceptors (Lipinski definition) is 6. The van der Waals surface area contributed by atoms with Crippen LogP contribution in [0.1, 0.15) is 49.6 Å². The minimum Gasteiger partial charge on any atom is -0.403 e. The van der Waals surface area contributed by atoms with Gasteiger partial charge in [0.25, 0.3) is 0 Å². The molecule has 7 heteroatoms. The number of anilines is 2. The van der Waals surface area contributed by atoms with Gasteiger partial charge in [0.15, 0.2) is 5.78 Å². The molecule has 1 aromatic heterocycles. The molecule has 0 fully saturated rings. The third-order valence-electron chi connectivity index (χ3n) is 5.50. The first-order valence-electron chi connectivity index (χ1n) is 9.30. The Labute approximate surface area is 163 Å². The van der Waals surface area contributed by atoms with Crippen LogP contribution in [0.25, 0.3) is 0 Å². The molecule has 1 atom stereocenters. The van der Waals surface area contributed by atoms with Gasteiger partial charge in [-0.2, -0.15) is 0 Å². The van der Waals surface area contributed by atoms with Gasteiger partial charge < -0.3 is 15.1 Å². The van der Waals surface area contributed by atoms with E-state index in [1.807, 2.05) is 19.9 Å². The van der Waals surface area contributed by atoms with Crippen molar-refractivity contribution >= 4 is 23.0 Å². The van der Waals surface area contributed by atoms with Gasteiger partial charge in [0.1, 0.15) is 16.7 Å². The number of carbonyl (C=O) groups is 1. The maximum atomic E-state index is 13.1. The largest absolute Gasteiger partial charge is 0.433 e. The standard InChI is InChI=1S/C21H23N3O4/c1-11-7-13-14(8-12(11)2)23-20(17-5-6-18(28-17)24(26)27)19-15(22-13)9-21(3,4)10-16(19)25/h5-8,20,22-23H,9-10H2,1-4H3/t20-/m0/s1. The lowest BCUT2D eigenvalue weighted by Crippen LogP contribution is -2.31. The van der Waals surface area contributed by atoms with E-state index < -0.39 is 11.0 Å². The first-order valence-corrected chi connectivity index (χ1v) is 9.30. The number of aryl methyl sites for hydroxylation is 2. The quantitative estimate of drug-likeness (QED) is 0.559. The number of nitrogens with one attached hydrogen (secondary N) is 2. The smallest absolute Gasteiger partial charge is 0.403 e. The molecule has 0 saturated carbocycles. The third kappa shape index (κ3) is 3.06. The number of hydrogen-bond donors (Lipinski definition) is 2. The Morgan fingerprint density at radius 3 is 2.46 bits per heavy atom. The van der Waals surface area contributed by atoms with Crippen molar-refractivity contribution < 1.29 is 14.1 Å². The van der Waals surface area contributed by atoms with Crippen molar-refractivity contribution in [1.82, 2.24) is 0 Å². The predicted octanol–water partition coefficient (Wildman–Crippen LogP) is 5.03. The summed E-state index contributed by atoms with van der Waals surface area (Å²) >= 11 is 0. The van der Waals surface area contributed by atoms with Crippen molar-refractivity contribution in [2.24, 2.45) is 5.41 Å². The molecule has 2 heterocycles. The zero-order valence-corrected chi connectivity index (χ0v) is 16.4. The normalized spacial score (nSPS) is 20.6. The fraction of sp³-hybridized carbons (Fsp3) is 0.381. The Kier molecular flexibility index (Phi) is 4.06. The maximum absolute atomic E-state index is 13.1. The van der Waals surface area contributed by atoms with E-state index in [-0.39, 0.29) is 17.1 Å². The van der Waals surface area contributed by atoms with Crippen LogP contribution in [-0.4, -0.2) is 10.7 Å². The number of carbonyl (C=O) groups excluding carboxylic acids is 1. The van der Waals surface area contributed by atoms with Crippen molar-refractivity contribution in [3.05, 3.63) is 62.5 Å². The molecule has 2 aromatic rings. The molecule has 7 nitrogen and oxygen atoms in total. The Balaban J connectivity index is 1.89. The predicted molar refractivity (Wildman–Crippen MR) is 106 cm³/mol. The van der Waals surface area contributed by atoms with Crippen LogP contribution in [0.2, 0.25) is 0 Å². The summed E-state index contributed by atoms with van der Waals surface area (Å²) in [5.41, 5.74) is 5.27. The summed E-state index contributed by atoms with van der Waals surface area (Å²) in [6, 6.07) is 6.40. The van der Waals surface area contributed by atoms with Gasteiger partial charge in [0, 0.05) is 17.7 Å². The zero-order chi connectivity index (χ0) is 20.2. The lowest BCUT2D eigenvalue weighted by atomic mass is 9.74. The van der Waals surface area contributed by atoms with Crippen molar-refractivity contribution in [3.8, 4) is 0 Å². The maximum Gasteiger partial charge on any atom is 0.433 e. The molecule has 0 spiro atoms. The van der Waals surface area contributed by atoms with Gasteiger partial charge in [-0.25, -0.2) is 0 Å². The third-order valence-corrected chi connectivity index (χ3v) is 5.50. The zero-order valence-electron chi connectivity index (χ0n) is 16.4. The summed E-state index contributed by atoms with van der Waals surface area (Å²) in [6.45, 7) is 8.21. The number of rotatable bonds is 2. The van der Waals surface area contributed by atoms with E-state index in [9.17, 15) is 14.9 Å². The van der Waals surface area contributed by atoms with Crippen molar-refractivity contribution in [3.63, 3.8) is 0 Å². The molecular formula is C21H23N3O4. The van der Waals surface area contributed by atoms with Crippen LogP contribution in [0.5, 0.6) is 0 Å². The Hall–Kier alpha value is -3.09. The average Bonchev–Trinajstić information content (AvgIpc) is 3.01. The molecule has 0 saturated heterocycles. The number of ketones is 1. The van der Waals surface area contributed by atoms with E-state index in [0.717, 1.165) is 28.2 Å². The average molecular weight is 381 g/mol. The minimum atomic E-state index is -0.580. The molecular weight excluding hydrogens is 358 g/mol. The molecule has 1 aliphatic carbocycles. The van der Waals surface area contributed by atoms with Crippen LogP contribution in [0, 0.1) is 29.4 Å². The number of Topliss-reactive ketones (excluding diaryl/α,β-unsaturated/α-hetero) is 1. The SMILES string of the molecule is Cc1cc2c(cc1C)N[C@@H](c1ccc([N+](=O)[O-])o1)C1=C(CC(C)(C)CC1=O)N2. The summed E-state index contributed by atoms with van der Waals surface area (Å²) in [6.07, 6.45) is 1.13. The van der Waals surface area contributed by atoms with Crippen molar-refractivity contribution in [2.75, 3.05) is 10.6 Å². The fourth-order valence-electron chi connectivity index (χ4n) is 4.02. The van der Waals surface area contributed by atoms with E-state index in [4.69, 9.17) is 4.42 Å². The minimum absolute atomic E-state index is 0.0246.